The first-order valence-electron chi connectivity index (χ1n) is 6.44. The summed E-state index contributed by atoms with van der Waals surface area (Å²) in [6.45, 7) is 4.01. The van der Waals surface area contributed by atoms with Gasteiger partial charge in [-0.25, -0.2) is 4.39 Å². The van der Waals surface area contributed by atoms with Crippen molar-refractivity contribution in [3.05, 3.63) is 69.5 Å². The molecule has 0 amide bonds. The number of halogens is 3. The van der Waals surface area contributed by atoms with Gasteiger partial charge < -0.3 is 5.32 Å². The van der Waals surface area contributed by atoms with Crippen LogP contribution in [0.15, 0.2) is 42.5 Å². The fraction of sp³-hybridized carbons (Fsp3) is 0.250. The summed E-state index contributed by atoms with van der Waals surface area (Å²) in [5.74, 6) is -0.228. The van der Waals surface area contributed by atoms with Crippen molar-refractivity contribution >= 4 is 23.2 Å². The van der Waals surface area contributed by atoms with Crippen LogP contribution >= 0.6 is 23.2 Å². The highest BCUT2D eigenvalue weighted by Gasteiger charge is 2.14. The van der Waals surface area contributed by atoms with Gasteiger partial charge in [-0.3, -0.25) is 0 Å². The van der Waals surface area contributed by atoms with Crippen molar-refractivity contribution in [3.63, 3.8) is 0 Å². The highest BCUT2D eigenvalue weighted by atomic mass is 35.5. The van der Waals surface area contributed by atoms with Gasteiger partial charge in [0.05, 0.1) is 0 Å². The van der Waals surface area contributed by atoms with E-state index >= 15 is 0 Å². The van der Waals surface area contributed by atoms with Crippen molar-refractivity contribution in [2.75, 3.05) is 0 Å². The topological polar surface area (TPSA) is 12.0 Å². The van der Waals surface area contributed by atoms with Crippen LogP contribution in [0.3, 0.4) is 0 Å². The van der Waals surface area contributed by atoms with Gasteiger partial charge in [0.1, 0.15) is 5.82 Å². The van der Waals surface area contributed by atoms with Gasteiger partial charge in [-0.2, -0.15) is 0 Å². The van der Waals surface area contributed by atoms with E-state index in [0.717, 1.165) is 11.1 Å². The third-order valence-electron chi connectivity index (χ3n) is 3.28. The Kier molecular flexibility index (Phi) is 5.03. The maximum absolute atomic E-state index is 13.2. The van der Waals surface area contributed by atoms with Crippen molar-refractivity contribution in [2.24, 2.45) is 0 Å². The Balaban J connectivity index is 2.12. The average molecular weight is 312 g/mol. The molecule has 0 radical (unpaired) electrons. The lowest BCUT2D eigenvalue weighted by Gasteiger charge is -2.21. The molecule has 0 heterocycles. The summed E-state index contributed by atoms with van der Waals surface area (Å²) in [7, 11) is 0. The predicted octanol–water partition coefficient (Wildman–Crippen LogP) is 5.54. The Morgan fingerprint density at radius 3 is 2.40 bits per heavy atom. The third kappa shape index (κ3) is 3.72. The number of benzene rings is 2. The molecule has 0 aliphatic rings. The lowest BCUT2D eigenvalue weighted by atomic mass is 10.0. The van der Waals surface area contributed by atoms with E-state index in [0.29, 0.717) is 10.0 Å². The molecule has 0 saturated carbocycles. The summed E-state index contributed by atoms with van der Waals surface area (Å²) in [4.78, 5) is 0. The first-order chi connectivity index (χ1) is 9.47. The first kappa shape index (κ1) is 15.3. The smallest absolute Gasteiger partial charge is 0.123 e. The normalized spacial score (nSPS) is 14.1. The van der Waals surface area contributed by atoms with Crippen molar-refractivity contribution in [1.29, 1.82) is 0 Å². The van der Waals surface area contributed by atoms with Crippen LogP contribution in [0.2, 0.25) is 10.0 Å². The Morgan fingerprint density at radius 1 is 1.00 bits per heavy atom. The van der Waals surface area contributed by atoms with Crippen LogP contribution in [-0.2, 0) is 0 Å². The van der Waals surface area contributed by atoms with Crippen molar-refractivity contribution in [3.8, 4) is 0 Å². The highest BCUT2D eigenvalue weighted by molar-refractivity contribution is 6.35. The summed E-state index contributed by atoms with van der Waals surface area (Å²) >= 11 is 12.1. The summed E-state index contributed by atoms with van der Waals surface area (Å²) in [5, 5.41) is 4.65. The molecule has 1 nitrogen and oxygen atoms in total. The van der Waals surface area contributed by atoms with Crippen LogP contribution in [-0.4, -0.2) is 0 Å². The van der Waals surface area contributed by atoms with Gasteiger partial charge in [-0.1, -0.05) is 41.4 Å². The lowest BCUT2D eigenvalue weighted by molar-refractivity contribution is 0.492. The molecule has 2 atom stereocenters. The first-order valence-corrected chi connectivity index (χ1v) is 7.19. The molecular formula is C16H16Cl2FN. The fourth-order valence-electron chi connectivity index (χ4n) is 2.19. The molecule has 0 aliphatic heterocycles. The standard InChI is InChI=1S/C16H16Cl2FN/c1-10(12-4-3-5-14(19)8-12)20-11(2)15-7-6-13(17)9-16(15)18/h3-11,20H,1-2H3/t10-,11?/m0/s1. The molecule has 0 aromatic heterocycles. The van der Waals surface area contributed by atoms with Crippen LogP contribution in [0.5, 0.6) is 0 Å². The summed E-state index contributed by atoms with van der Waals surface area (Å²) in [6, 6.07) is 12.1. The van der Waals surface area contributed by atoms with Crippen molar-refractivity contribution in [2.45, 2.75) is 25.9 Å². The average Bonchev–Trinajstić information content (AvgIpc) is 2.38. The van der Waals surface area contributed by atoms with Crippen LogP contribution in [0.4, 0.5) is 4.39 Å². The molecule has 0 fully saturated rings. The van der Waals surface area contributed by atoms with E-state index < -0.39 is 0 Å². The number of rotatable bonds is 4. The second-order valence-electron chi connectivity index (χ2n) is 4.83. The maximum Gasteiger partial charge on any atom is 0.123 e. The number of hydrogen-bond acceptors (Lipinski definition) is 1. The van der Waals surface area contributed by atoms with Gasteiger partial charge in [0, 0.05) is 22.1 Å². The molecule has 1 N–H and O–H groups in total. The molecule has 0 bridgehead atoms. The summed E-state index contributed by atoms with van der Waals surface area (Å²) < 4.78 is 13.2. The highest BCUT2D eigenvalue weighted by Crippen LogP contribution is 2.28. The predicted molar refractivity (Wildman–Crippen MR) is 82.8 cm³/mol. The van der Waals surface area contributed by atoms with E-state index in [-0.39, 0.29) is 17.9 Å². The Hall–Kier alpha value is -1.09. The van der Waals surface area contributed by atoms with E-state index in [1.165, 1.54) is 12.1 Å². The third-order valence-corrected chi connectivity index (χ3v) is 3.84. The van der Waals surface area contributed by atoms with Gasteiger partial charge in [-0.15, -0.1) is 0 Å². The molecule has 0 spiro atoms. The zero-order chi connectivity index (χ0) is 14.7. The zero-order valence-electron chi connectivity index (χ0n) is 11.3. The van der Waals surface area contributed by atoms with Gasteiger partial charge in [0.2, 0.25) is 0 Å². The van der Waals surface area contributed by atoms with E-state index in [1.807, 2.05) is 32.0 Å². The van der Waals surface area contributed by atoms with Crippen molar-refractivity contribution < 1.29 is 4.39 Å². The Bertz CT molecular complexity index is 601. The monoisotopic (exact) mass is 311 g/mol. The second kappa shape index (κ2) is 6.57. The van der Waals surface area contributed by atoms with Gasteiger partial charge in [0.15, 0.2) is 0 Å². The largest absolute Gasteiger partial charge is 0.304 e. The SMILES string of the molecule is CC(N[C@@H](C)c1cccc(F)c1)c1ccc(Cl)cc1Cl. The number of nitrogens with one attached hydrogen (secondary N) is 1. The molecule has 106 valence electrons. The van der Waals surface area contributed by atoms with Gasteiger partial charge in [0.25, 0.3) is 0 Å². The molecule has 2 rings (SSSR count). The summed E-state index contributed by atoms with van der Waals surface area (Å²) in [5.41, 5.74) is 1.88. The Morgan fingerprint density at radius 2 is 1.75 bits per heavy atom. The minimum atomic E-state index is -0.228. The minimum absolute atomic E-state index is 0.0208. The minimum Gasteiger partial charge on any atom is -0.304 e. The molecule has 4 heteroatoms. The molecule has 1 unspecified atom stereocenters. The molecular weight excluding hydrogens is 296 g/mol. The van der Waals surface area contributed by atoms with Crippen LogP contribution in [0.25, 0.3) is 0 Å². The van der Waals surface area contributed by atoms with E-state index in [9.17, 15) is 4.39 Å². The van der Waals surface area contributed by atoms with Crippen LogP contribution in [0, 0.1) is 5.82 Å². The zero-order valence-corrected chi connectivity index (χ0v) is 12.8. The van der Waals surface area contributed by atoms with Gasteiger partial charge >= 0.3 is 0 Å². The van der Waals surface area contributed by atoms with Gasteiger partial charge in [-0.05, 0) is 49.2 Å². The quantitative estimate of drug-likeness (QED) is 0.781. The lowest BCUT2D eigenvalue weighted by Crippen LogP contribution is -2.22. The van der Waals surface area contributed by atoms with Crippen LogP contribution < -0.4 is 5.32 Å². The second-order valence-corrected chi connectivity index (χ2v) is 5.67. The molecule has 2 aromatic rings. The Labute approximate surface area is 128 Å². The molecule has 20 heavy (non-hydrogen) atoms. The van der Waals surface area contributed by atoms with Crippen LogP contribution in [0.1, 0.15) is 37.1 Å². The molecule has 2 aromatic carbocycles. The fourth-order valence-corrected chi connectivity index (χ4v) is 2.76. The van der Waals surface area contributed by atoms with Crippen molar-refractivity contribution in [1.82, 2.24) is 5.32 Å². The molecule has 0 saturated heterocycles. The summed E-state index contributed by atoms with van der Waals surface area (Å²) in [6.07, 6.45) is 0. The number of hydrogen-bond donors (Lipinski definition) is 1. The van der Waals surface area contributed by atoms with E-state index in [4.69, 9.17) is 23.2 Å². The molecule has 0 aliphatic carbocycles. The maximum atomic E-state index is 13.2. The van der Waals surface area contributed by atoms with E-state index in [1.54, 1.807) is 12.1 Å². The van der Waals surface area contributed by atoms with E-state index in [2.05, 4.69) is 5.32 Å².